The largest absolute Gasteiger partial charge is 0.508 e. The van der Waals surface area contributed by atoms with Crippen LogP contribution in [0.5, 0.6) is 0 Å². The van der Waals surface area contributed by atoms with E-state index in [0.717, 1.165) is 116 Å². The van der Waals surface area contributed by atoms with E-state index in [4.69, 9.17) is 14.2 Å². The fourth-order valence-corrected chi connectivity index (χ4v) is 7.98. The fourth-order valence-electron chi connectivity index (χ4n) is 7.98. The lowest BCUT2D eigenvalue weighted by atomic mass is 10.0. The summed E-state index contributed by atoms with van der Waals surface area (Å²) in [4.78, 5) is 51.1. The summed E-state index contributed by atoms with van der Waals surface area (Å²) in [7, 11) is 1.66. The maximum Gasteiger partial charge on any atom is 0.508 e. The summed E-state index contributed by atoms with van der Waals surface area (Å²) < 4.78 is 16.7. The second-order valence-corrected chi connectivity index (χ2v) is 17.7. The minimum atomic E-state index is -0.552. The van der Waals surface area contributed by atoms with Gasteiger partial charge < -0.3 is 29.7 Å². The zero-order valence-corrected chi connectivity index (χ0v) is 39.6. The SMILES string of the molecule is CCCCCCCCC(CCCCCCCC)OC(=O)CCCCCCCN(CCCCCCOC(=O)OCC(C)CCCCCCC)CCCNc1c(NC)c(=O)c1=O. The van der Waals surface area contributed by atoms with Crippen molar-refractivity contribution in [2.75, 3.05) is 57.1 Å². The van der Waals surface area contributed by atoms with E-state index in [-0.39, 0.29) is 12.1 Å². The molecular weight excluding hydrogens is 755 g/mol. The summed E-state index contributed by atoms with van der Waals surface area (Å²) in [5, 5.41) is 5.99. The van der Waals surface area contributed by atoms with Gasteiger partial charge in [0, 0.05) is 20.0 Å². The van der Waals surface area contributed by atoms with Gasteiger partial charge in [-0.2, -0.15) is 0 Å². The average molecular weight is 848 g/mol. The first-order valence-corrected chi connectivity index (χ1v) is 25.2. The zero-order valence-electron chi connectivity index (χ0n) is 39.6. The number of carbonyl (C=O) groups is 2. The molecule has 1 aromatic rings. The summed E-state index contributed by atoms with van der Waals surface area (Å²) in [6, 6.07) is 0. The Morgan fingerprint density at radius 3 is 1.58 bits per heavy atom. The summed E-state index contributed by atoms with van der Waals surface area (Å²) in [5.74, 6) is 0.348. The van der Waals surface area contributed by atoms with Crippen LogP contribution in [0, 0.1) is 5.92 Å². The van der Waals surface area contributed by atoms with Gasteiger partial charge in [0.15, 0.2) is 0 Å². The Hall–Kier alpha value is -2.62. The highest BCUT2D eigenvalue weighted by molar-refractivity contribution is 5.73. The van der Waals surface area contributed by atoms with Crippen LogP contribution in [0.4, 0.5) is 16.2 Å². The molecule has 350 valence electrons. The maximum atomic E-state index is 12.8. The fraction of sp³-hybridized carbons (Fsp3) is 0.880. The van der Waals surface area contributed by atoms with Crippen LogP contribution in [0.3, 0.4) is 0 Å². The Labute approximate surface area is 367 Å². The second-order valence-electron chi connectivity index (χ2n) is 17.7. The molecule has 1 aromatic carbocycles. The molecule has 1 atom stereocenters. The number of unbranched alkanes of at least 4 members (excludes halogenated alkanes) is 21. The third-order valence-electron chi connectivity index (χ3n) is 11.9. The first-order chi connectivity index (χ1) is 29.3. The van der Waals surface area contributed by atoms with Gasteiger partial charge in [0.05, 0.1) is 13.2 Å². The van der Waals surface area contributed by atoms with Gasteiger partial charge >= 0.3 is 12.1 Å². The highest BCUT2D eigenvalue weighted by Gasteiger charge is 2.19. The minimum Gasteiger partial charge on any atom is -0.462 e. The Morgan fingerprint density at radius 1 is 0.550 bits per heavy atom. The molecule has 0 fully saturated rings. The highest BCUT2D eigenvalue weighted by Crippen LogP contribution is 2.19. The molecule has 1 rings (SSSR count). The number of rotatable bonds is 44. The zero-order chi connectivity index (χ0) is 43.9. The number of hydrogen-bond donors (Lipinski definition) is 2. The van der Waals surface area contributed by atoms with Crippen LogP contribution in [0.1, 0.15) is 227 Å². The van der Waals surface area contributed by atoms with Crippen molar-refractivity contribution in [2.45, 2.75) is 233 Å². The normalized spacial score (nSPS) is 12.1. The first kappa shape index (κ1) is 55.4. The van der Waals surface area contributed by atoms with Gasteiger partial charge in [-0.15, -0.1) is 0 Å². The highest BCUT2D eigenvalue weighted by atomic mass is 16.7. The van der Waals surface area contributed by atoms with Crippen LogP contribution in [-0.2, 0) is 19.0 Å². The summed E-state index contributed by atoms with van der Waals surface area (Å²) in [5.41, 5.74) is -0.102. The van der Waals surface area contributed by atoms with Crippen molar-refractivity contribution < 1.29 is 23.8 Å². The average Bonchev–Trinajstić information content (AvgIpc) is 3.24. The van der Waals surface area contributed by atoms with E-state index < -0.39 is 17.0 Å². The van der Waals surface area contributed by atoms with Crippen molar-refractivity contribution in [3.05, 3.63) is 20.4 Å². The quantitative estimate of drug-likeness (QED) is 0.0373. The standard InChI is InChI=1S/C50H93N3O7/c1-6-9-12-15-19-26-34-44(35-27-20-16-13-10-7-2)60-45(54)36-28-21-17-22-29-38-53(40-32-37-52-47-46(51-5)48(55)49(47)56)39-30-23-24-31-41-58-50(57)59-42-43(4)33-25-18-14-11-8-3/h43-44,51-52H,6-42H2,1-5H3. The van der Waals surface area contributed by atoms with Crippen molar-refractivity contribution in [1.29, 1.82) is 0 Å². The lowest BCUT2D eigenvalue weighted by Crippen LogP contribution is -2.37. The molecule has 2 N–H and O–H groups in total. The third-order valence-corrected chi connectivity index (χ3v) is 11.9. The van der Waals surface area contributed by atoms with Crippen LogP contribution in [0.2, 0.25) is 0 Å². The third kappa shape index (κ3) is 29.6. The van der Waals surface area contributed by atoms with E-state index in [2.05, 4.69) is 43.2 Å². The molecule has 0 saturated heterocycles. The molecule has 1 unspecified atom stereocenters. The molecule has 0 aliphatic carbocycles. The van der Waals surface area contributed by atoms with Crippen molar-refractivity contribution >= 4 is 23.5 Å². The minimum absolute atomic E-state index is 0.0118. The van der Waals surface area contributed by atoms with Crippen LogP contribution < -0.4 is 21.5 Å². The predicted molar refractivity (Wildman–Crippen MR) is 252 cm³/mol. The summed E-state index contributed by atoms with van der Waals surface area (Å²) in [6.45, 7) is 13.2. The van der Waals surface area contributed by atoms with Crippen LogP contribution in [0.15, 0.2) is 9.59 Å². The number of ether oxygens (including phenoxy) is 3. The van der Waals surface area contributed by atoms with E-state index in [1.165, 1.54) is 96.3 Å². The van der Waals surface area contributed by atoms with Crippen LogP contribution in [-0.4, -0.2) is 69.6 Å². The Bertz CT molecular complexity index is 1220. The molecule has 0 bridgehead atoms. The number of nitrogens with one attached hydrogen (secondary N) is 2. The molecule has 10 heteroatoms. The first-order valence-electron chi connectivity index (χ1n) is 25.2. The molecule has 0 saturated carbocycles. The van der Waals surface area contributed by atoms with Gasteiger partial charge in [0.1, 0.15) is 17.5 Å². The monoisotopic (exact) mass is 848 g/mol. The van der Waals surface area contributed by atoms with Crippen molar-refractivity contribution in [3.63, 3.8) is 0 Å². The molecule has 0 aromatic heterocycles. The van der Waals surface area contributed by atoms with E-state index in [0.29, 0.717) is 43.5 Å². The molecule has 0 spiro atoms. The molecular formula is C50H93N3O7. The van der Waals surface area contributed by atoms with Crippen molar-refractivity contribution in [2.24, 2.45) is 5.92 Å². The molecule has 0 heterocycles. The topological polar surface area (TPSA) is 123 Å². The van der Waals surface area contributed by atoms with Gasteiger partial charge in [-0.25, -0.2) is 4.79 Å². The van der Waals surface area contributed by atoms with Gasteiger partial charge in [0.25, 0.3) is 10.9 Å². The van der Waals surface area contributed by atoms with E-state index >= 15 is 0 Å². The molecule has 10 nitrogen and oxygen atoms in total. The van der Waals surface area contributed by atoms with Gasteiger partial charge in [-0.3, -0.25) is 14.4 Å². The lowest BCUT2D eigenvalue weighted by Gasteiger charge is -2.23. The van der Waals surface area contributed by atoms with Crippen LogP contribution >= 0.6 is 0 Å². The Morgan fingerprint density at radius 2 is 1.02 bits per heavy atom. The molecule has 60 heavy (non-hydrogen) atoms. The van der Waals surface area contributed by atoms with E-state index in [9.17, 15) is 19.2 Å². The Kier molecular flexibility index (Phi) is 36.2. The summed E-state index contributed by atoms with van der Waals surface area (Å²) in [6.07, 6.45) is 34.7. The van der Waals surface area contributed by atoms with Crippen molar-refractivity contribution in [3.8, 4) is 0 Å². The van der Waals surface area contributed by atoms with Crippen molar-refractivity contribution in [1.82, 2.24) is 4.90 Å². The van der Waals surface area contributed by atoms with Gasteiger partial charge in [0.2, 0.25) is 0 Å². The number of esters is 1. The summed E-state index contributed by atoms with van der Waals surface area (Å²) >= 11 is 0. The van der Waals surface area contributed by atoms with Crippen LogP contribution in [0.25, 0.3) is 0 Å². The van der Waals surface area contributed by atoms with E-state index in [1.807, 2.05) is 0 Å². The lowest BCUT2D eigenvalue weighted by molar-refractivity contribution is -0.150. The molecule has 0 aliphatic rings. The van der Waals surface area contributed by atoms with Gasteiger partial charge in [-0.1, -0.05) is 156 Å². The maximum absolute atomic E-state index is 12.8. The Balaban J connectivity index is 2.38. The van der Waals surface area contributed by atoms with E-state index in [1.54, 1.807) is 7.05 Å². The van der Waals surface area contributed by atoms with Gasteiger partial charge in [-0.05, 0) is 89.8 Å². The molecule has 0 radical (unpaired) electrons. The second kappa shape index (κ2) is 39.2. The number of hydrogen-bond acceptors (Lipinski definition) is 10. The number of carbonyl (C=O) groups excluding carboxylic acids is 2. The molecule has 0 amide bonds. The predicted octanol–water partition coefficient (Wildman–Crippen LogP) is 12.9. The smallest absolute Gasteiger partial charge is 0.462 e. The number of anilines is 2. The number of nitrogens with zero attached hydrogens (tertiary/aromatic N) is 1. The molecule has 0 aliphatic heterocycles.